The first kappa shape index (κ1) is 21.4. The largest absolute Gasteiger partial charge is 0.301 e. The molecule has 162 valence electrons. The van der Waals surface area contributed by atoms with Crippen LogP contribution in [0.1, 0.15) is 63.2 Å². The summed E-state index contributed by atoms with van der Waals surface area (Å²) in [5.74, 6) is 3.02. The van der Waals surface area contributed by atoms with E-state index in [0.29, 0.717) is 18.3 Å². The van der Waals surface area contributed by atoms with E-state index in [0.717, 1.165) is 53.3 Å². The molecule has 1 aromatic carbocycles. The lowest BCUT2D eigenvalue weighted by molar-refractivity contribution is 0.602. The molecule has 3 aromatic heterocycles. The summed E-state index contributed by atoms with van der Waals surface area (Å²) in [4.78, 5) is 4.84. The number of nitrogens with one attached hydrogen (secondary N) is 1. The minimum absolute atomic E-state index is 0.374. The summed E-state index contributed by atoms with van der Waals surface area (Å²) in [6.07, 6.45) is 4.27. The molecule has 0 aliphatic rings. The van der Waals surface area contributed by atoms with Crippen molar-refractivity contribution in [3.63, 3.8) is 0 Å². The Bertz CT molecular complexity index is 1110. The van der Waals surface area contributed by atoms with Crippen molar-refractivity contribution in [2.75, 3.05) is 0 Å². The molecule has 0 saturated carbocycles. The molecule has 1 unspecified atom stereocenters. The standard InChI is InChI=1S/C22H27BrN8/c1-4-6-7-20-24-21(15(3)5-2)27-30(20)14-16-8-10-17(11-9-16)31-18(12-13-19(31)23)22-25-28-29-26-22/h8-13,15H,4-7,14H2,1-3H3,(H,25,26,28,29). The molecule has 31 heavy (non-hydrogen) atoms. The molecule has 0 saturated heterocycles. The Balaban J connectivity index is 1.59. The lowest BCUT2D eigenvalue weighted by Gasteiger charge is -2.11. The number of nitrogens with zero attached hydrogens (tertiary/aromatic N) is 7. The second-order valence-electron chi connectivity index (χ2n) is 7.75. The summed E-state index contributed by atoms with van der Waals surface area (Å²) < 4.78 is 5.07. The number of hydrogen-bond acceptors (Lipinski definition) is 5. The highest BCUT2D eigenvalue weighted by atomic mass is 79.9. The van der Waals surface area contributed by atoms with Gasteiger partial charge in [0.25, 0.3) is 0 Å². The quantitative estimate of drug-likeness (QED) is 0.365. The van der Waals surface area contributed by atoms with Crippen LogP contribution < -0.4 is 0 Å². The maximum atomic E-state index is 4.84. The van der Waals surface area contributed by atoms with Crippen LogP contribution in [0.2, 0.25) is 0 Å². The van der Waals surface area contributed by atoms with Gasteiger partial charge in [-0.3, -0.25) is 0 Å². The van der Waals surface area contributed by atoms with Crippen LogP contribution in [0.15, 0.2) is 41.0 Å². The van der Waals surface area contributed by atoms with Gasteiger partial charge in [-0.2, -0.15) is 5.10 Å². The molecule has 0 amide bonds. The van der Waals surface area contributed by atoms with Crippen LogP contribution in [0.25, 0.3) is 17.2 Å². The van der Waals surface area contributed by atoms with Crippen molar-refractivity contribution in [3.05, 3.63) is 58.2 Å². The van der Waals surface area contributed by atoms with Crippen LogP contribution in [0.5, 0.6) is 0 Å². The number of H-pyrrole nitrogens is 1. The maximum Gasteiger partial charge on any atom is 0.196 e. The molecule has 1 N–H and O–H groups in total. The molecule has 8 nitrogen and oxygen atoms in total. The van der Waals surface area contributed by atoms with E-state index in [1.807, 2.05) is 12.1 Å². The molecule has 4 aromatic rings. The molecule has 4 rings (SSSR count). The molecule has 0 radical (unpaired) electrons. The number of benzene rings is 1. The van der Waals surface area contributed by atoms with Crippen LogP contribution >= 0.6 is 15.9 Å². The summed E-state index contributed by atoms with van der Waals surface area (Å²) in [6, 6.07) is 12.4. The van der Waals surface area contributed by atoms with Crippen molar-refractivity contribution in [2.24, 2.45) is 0 Å². The monoisotopic (exact) mass is 482 g/mol. The minimum Gasteiger partial charge on any atom is -0.301 e. The van der Waals surface area contributed by atoms with Crippen LogP contribution in [-0.2, 0) is 13.0 Å². The van der Waals surface area contributed by atoms with Gasteiger partial charge in [0.1, 0.15) is 5.82 Å². The van der Waals surface area contributed by atoms with E-state index in [1.165, 1.54) is 5.56 Å². The van der Waals surface area contributed by atoms with Gasteiger partial charge in [-0.1, -0.05) is 39.3 Å². The van der Waals surface area contributed by atoms with E-state index in [1.54, 1.807) is 0 Å². The minimum atomic E-state index is 0.374. The highest BCUT2D eigenvalue weighted by Gasteiger charge is 2.16. The zero-order valence-electron chi connectivity index (χ0n) is 18.1. The highest BCUT2D eigenvalue weighted by Crippen LogP contribution is 2.27. The molecule has 0 aliphatic carbocycles. The topological polar surface area (TPSA) is 90.1 Å². The van der Waals surface area contributed by atoms with Crippen molar-refractivity contribution < 1.29 is 0 Å². The predicted molar refractivity (Wildman–Crippen MR) is 123 cm³/mol. The number of unbranched alkanes of at least 4 members (excludes halogenated alkanes) is 1. The summed E-state index contributed by atoms with van der Waals surface area (Å²) in [7, 11) is 0. The molecule has 9 heteroatoms. The zero-order chi connectivity index (χ0) is 21.8. The third-order valence-electron chi connectivity index (χ3n) is 5.52. The Morgan fingerprint density at radius 2 is 1.90 bits per heavy atom. The fourth-order valence-corrected chi connectivity index (χ4v) is 4.01. The summed E-state index contributed by atoms with van der Waals surface area (Å²) in [6.45, 7) is 7.29. The Labute approximate surface area is 190 Å². The maximum absolute atomic E-state index is 4.84. The van der Waals surface area contributed by atoms with Crippen molar-refractivity contribution >= 4 is 15.9 Å². The molecule has 0 spiro atoms. The Hall–Kier alpha value is -2.81. The van der Waals surface area contributed by atoms with Gasteiger partial charge in [0.05, 0.1) is 16.8 Å². The number of aromatic nitrogens is 8. The van der Waals surface area contributed by atoms with E-state index in [2.05, 4.69) is 90.8 Å². The van der Waals surface area contributed by atoms with Gasteiger partial charge in [-0.05, 0) is 69.0 Å². The average Bonchev–Trinajstić information content (AvgIpc) is 3.52. The number of halogens is 1. The van der Waals surface area contributed by atoms with Gasteiger partial charge >= 0.3 is 0 Å². The smallest absolute Gasteiger partial charge is 0.196 e. The van der Waals surface area contributed by atoms with Gasteiger partial charge in [-0.25, -0.2) is 14.8 Å². The van der Waals surface area contributed by atoms with Crippen LogP contribution in [0.3, 0.4) is 0 Å². The highest BCUT2D eigenvalue weighted by molar-refractivity contribution is 9.10. The van der Waals surface area contributed by atoms with Crippen LogP contribution in [0.4, 0.5) is 0 Å². The SMILES string of the molecule is CCCCc1nc(C(C)CC)nn1Cc1ccc(-n2c(Br)ccc2-c2nnn[nH]2)cc1. The number of rotatable bonds is 9. The third-order valence-corrected chi connectivity index (χ3v) is 6.14. The van der Waals surface area contributed by atoms with Crippen LogP contribution in [0, 0.1) is 0 Å². The van der Waals surface area contributed by atoms with Gasteiger partial charge in [0, 0.05) is 18.0 Å². The Morgan fingerprint density at radius 3 is 2.58 bits per heavy atom. The van der Waals surface area contributed by atoms with Crippen molar-refractivity contribution in [2.45, 2.75) is 58.9 Å². The van der Waals surface area contributed by atoms with E-state index in [-0.39, 0.29) is 0 Å². The fourth-order valence-electron chi connectivity index (χ4n) is 3.48. The van der Waals surface area contributed by atoms with Gasteiger partial charge < -0.3 is 4.57 Å². The number of aryl methyl sites for hydroxylation is 1. The number of aromatic amines is 1. The average molecular weight is 483 g/mol. The van der Waals surface area contributed by atoms with E-state index < -0.39 is 0 Å². The number of hydrogen-bond donors (Lipinski definition) is 1. The Morgan fingerprint density at radius 1 is 1.10 bits per heavy atom. The molecule has 0 bridgehead atoms. The Kier molecular flexibility index (Phi) is 6.60. The van der Waals surface area contributed by atoms with Gasteiger partial charge in [0.2, 0.25) is 0 Å². The normalized spacial score (nSPS) is 12.4. The second-order valence-corrected chi connectivity index (χ2v) is 8.56. The second kappa shape index (κ2) is 9.55. The first-order chi connectivity index (χ1) is 15.1. The first-order valence-electron chi connectivity index (χ1n) is 10.7. The molecular weight excluding hydrogens is 456 g/mol. The molecular formula is C22H27BrN8. The molecule has 1 atom stereocenters. The van der Waals surface area contributed by atoms with Gasteiger partial charge in [0.15, 0.2) is 11.6 Å². The lowest BCUT2D eigenvalue weighted by atomic mass is 10.1. The zero-order valence-corrected chi connectivity index (χ0v) is 19.7. The first-order valence-corrected chi connectivity index (χ1v) is 11.5. The van der Waals surface area contributed by atoms with E-state index in [4.69, 9.17) is 10.1 Å². The van der Waals surface area contributed by atoms with Crippen molar-refractivity contribution in [3.8, 4) is 17.2 Å². The van der Waals surface area contributed by atoms with Crippen molar-refractivity contribution in [1.29, 1.82) is 0 Å². The van der Waals surface area contributed by atoms with Crippen molar-refractivity contribution in [1.82, 2.24) is 40.0 Å². The summed E-state index contributed by atoms with van der Waals surface area (Å²) in [5, 5.41) is 19.1. The summed E-state index contributed by atoms with van der Waals surface area (Å²) >= 11 is 3.63. The number of tetrazole rings is 1. The molecule has 0 fully saturated rings. The summed E-state index contributed by atoms with van der Waals surface area (Å²) in [5.41, 5.74) is 3.10. The lowest BCUT2D eigenvalue weighted by Crippen LogP contribution is -2.08. The molecule has 0 aliphatic heterocycles. The fraction of sp³-hybridized carbons (Fsp3) is 0.409. The van der Waals surface area contributed by atoms with E-state index in [9.17, 15) is 0 Å². The third kappa shape index (κ3) is 4.61. The molecule has 3 heterocycles. The van der Waals surface area contributed by atoms with Gasteiger partial charge in [-0.15, -0.1) is 5.10 Å². The van der Waals surface area contributed by atoms with Crippen LogP contribution in [-0.4, -0.2) is 40.0 Å². The van der Waals surface area contributed by atoms with E-state index >= 15 is 0 Å². The predicted octanol–water partition coefficient (Wildman–Crippen LogP) is 4.92.